The van der Waals surface area contributed by atoms with Crippen LogP contribution in [0.4, 0.5) is 0 Å². The van der Waals surface area contributed by atoms with Crippen LogP contribution in [0.5, 0.6) is 5.75 Å². The zero-order chi connectivity index (χ0) is 15.5. The van der Waals surface area contributed by atoms with Crippen molar-refractivity contribution in [2.24, 2.45) is 0 Å². The first-order valence-corrected chi connectivity index (χ1v) is 6.89. The minimum atomic E-state index is 0.391. The average molecular weight is 290 g/mol. The number of fused-ring (bicyclic) bond motifs is 1. The molecule has 0 amide bonds. The molecule has 0 aliphatic heterocycles. The minimum absolute atomic E-state index is 0.391. The summed E-state index contributed by atoms with van der Waals surface area (Å²) < 4.78 is 5.24. The van der Waals surface area contributed by atoms with E-state index in [4.69, 9.17) is 4.74 Å². The van der Waals surface area contributed by atoms with Crippen LogP contribution in [-0.2, 0) is 0 Å². The van der Waals surface area contributed by atoms with E-state index in [0.717, 1.165) is 28.9 Å². The van der Waals surface area contributed by atoms with Gasteiger partial charge in [0.25, 0.3) is 0 Å². The average Bonchev–Trinajstić information content (AvgIpc) is 2.59. The molecule has 0 saturated heterocycles. The zero-order valence-electron chi connectivity index (χ0n) is 12.1. The van der Waals surface area contributed by atoms with Crippen LogP contribution in [0.25, 0.3) is 21.9 Å². The number of hydrogen-bond donors (Lipinski definition) is 0. The van der Waals surface area contributed by atoms with Crippen LogP contribution < -0.4 is 4.74 Å². The molecule has 3 aromatic rings. The minimum Gasteiger partial charge on any atom is -0.496 e. The molecule has 0 atom stereocenters. The van der Waals surface area contributed by atoms with E-state index >= 15 is 0 Å². The number of aldehydes is 2. The fourth-order valence-corrected chi connectivity index (χ4v) is 2.68. The Morgan fingerprint density at radius 3 is 2.32 bits per heavy atom. The van der Waals surface area contributed by atoms with Crippen LogP contribution in [-0.4, -0.2) is 19.7 Å². The van der Waals surface area contributed by atoms with E-state index in [2.05, 4.69) is 0 Å². The summed E-state index contributed by atoms with van der Waals surface area (Å²) in [6.07, 6.45) is 1.49. The lowest BCUT2D eigenvalue weighted by Crippen LogP contribution is -1.98. The molecule has 0 aliphatic carbocycles. The third kappa shape index (κ3) is 2.27. The molecular formula is C19H14O3. The number of benzene rings is 3. The fraction of sp³-hybridized carbons (Fsp3) is 0.0526. The molecule has 3 aromatic carbocycles. The van der Waals surface area contributed by atoms with Gasteiger partial charge in [0.15, 0.2) is 12.6 Å². The molecule has 0 saturated carbocycles. The molecule has 3 heteroatoms. The van der Waals surface area contributed by atoms with Gasteiger partial charge < -0.3 is 4.74 Å². The number of carbonyl (C=O) groups is 2. The van der Waals surface area contributed by atoms with Gasteiger partial charge in [0.05, 0.1) is 12.7 Å². The largest absolute Gasteiger partial charge is 0.496 e. The third-order valence-electron chi connectivity index (χ3n) is 3.74. The van der Waals surface area contributed by atoms with E-state index in [-0.39, 0.29) is 0 Å². The number of methoxy groups -OCH3 is 1. The van der Waals surface area contributed by atoms with Crippen molar-refractivity contribution >= 4 is 23.3 Å². The Kier molecular flexibility index (Phi) is 3.71. The standard InChI is InChI=1S/C19H14O3/c1-22-18-9-8-16(11-20)19(17(18)12-21)15-7-6-13-4-2-3-5-14(13)10-15/h2-12H,1H3. The van der Waals surface area contributed by atoms with E-state index in [1.54, 1.807) is 12.1 Å². The van der Waals surface area contributed by atoms with Gasteiger partial charge in [-0.3, -0.25) is 9.59 Å². The number of carbonyl (C=O) groups excluding carboxylic acids is 2. The van der Waals surface area contributed by atoms with Crippen LogP contribution in [0, 0.1) is 0 Å². The predicted molar refractivity (Wildman–Crippen MR) is 86.7 cm³/mol. The summed E-state index contributed by atoms with van der Waals surface area (Å²) in [5, 5.41) is 2.16. The SMILES string of the molecule is COc1ccc(C=O)c(-c2ccc3ccccc3c2)c1C=O. The lowest BCUT2D eigenvalue weighted by molar-refractivity contribution is 0.112. The van der Waals surface area contributed by atoms with Crippen LogP contribution in [0.15, 0.2) is 54.6 Å². The zero-order valence-corrected chi connectivity index (χ0v) is 12.1. The molecule has 0 heterocycles. The maximum atomic E-state index is 11.5. The van der Waals surface area contributed by atoms with E-state index in [9.17, 15) is 9.59 Å². The second kappa shape index (κ2) is 5.82. The van der Waals surface area contributed by atoms with Gasteiger partial charge in [-0.25, -0.2) is 0 Å². The lowest BCUT2D eigenvalue weighted by atomic mass is 9.93. The van der Waals surface area contributed by atoms with Gasteiger partial charge in [-0.1, -0.05) is 36.4 Å². The van der Waals surface area contributed by atoms with Crippen LogP contribution in [0.2, 0.25) is 0 Å². The van der Waals surface area contributed by atoms with E-state index in [1.807, 2.05) is 42.5 Å². The molecule has 0 aromatic heterocycles. The molecule has 108 valence electrons. The first kappa shape index (κ1) is 14.0. The van der Waals surface area contributed by atoms with Gasteiger partial charge in [-0.05, 0) is 34.5 Å². The Morgan fingerprint density at radius 1 is 0.864 bits per heavy atom. The van der Waals surface area contributed by atoms with E-state index < -0.39 is 0 Å². The van der Waals surface area contributed by atoms with Crippen LogP contribution in [0.1, 0.15) is 20.7 Å². The normalized spacial score (nSPS) is 10.4. The van der Waals surface area contributed by atoms with Crippen molar-refractivity contribution in [2.45, 2.75) is 0 Å². The lowest BCUT2D eigenvalue weighted by Gasteiger charge is -2.13. The molecule has 0 radical (unpaired) electrons. The summed E-state index contributed by atoms with van der Waals surface area (Å²) in [6, 6.07) is 17.1. The summed E-state index contributed by atoms with van der Waals surface area (Å²) in [7, 11) is 1.51. The van der Waals surface area contributed by atoms with Gasteiger partial charge in [0, 0.05) is 11.1 Å². The maximum absolute atomic E-state index is 11.5. The number of ether oxygens (including phenoxy) is 1. The Bertz CT molecular complexity index is 866. The highest BCUT2D eigenvalue weighted by Gasteiger charge is 2.15. The molecule has 22 heavy (non-hydrogen) atoms. The molecule has 3 nitrogen and oxygen atoms in total. The van der Waals surface area contributed by atoms with Crippen molar-refractivity contribution in [3.05, 3.63) is 65.7 Å². The molecule has 0 spiro atoms. The van der Waals surface area contributed by atoms with E-state index in [0.29, 0.717) is 22.4 Å². The first-order valence-electron chi connectivity index (χ1n) is 6.89. The summed E-state index contributed by atoms with van der Waals surface area (Å²) >= 11 is 0. The second-order valence-electron chi connectivity index (χ2n) is 4.94. The highest BCUT2D eigenvalue weighted by Crippen LogP contribution is 2.33. The van der Waals surface area contributed by atoms with Gasteiger partial charge in [0.2, 0.25) is 0 Å². The van der Waals surface area contributed by atoms with Crippen molar-refractivity contribution < 1.29 is 14.3 Å². The molecule has 0 bridgehead atoms. The van der Waals surface area contributed by atoms with Crippen molar-refractivity contribution in [3.8, 4) is 16.9 Å². The molecule has 0 fully saturated rings. The number of rotatable bonds is 4. The molecule has 0 unspecified atom stereocenters. The summed E-state index contributed by atoms with van der Waals surface area (Å²) in [5.41, 5.74) is 2.29. The summed E-state index contributed by atoms with van der Waals surface area (Å²) in [5.74, 6) is 0.462. The van der Waals surface area contributed by atoms with Crippen molar-refractivity contribution in [3.63, 3.8) is 0 Å². The van der Waals surface area contributed by atoms with Gasteiger partial charge >= 0.3 is 0 Å². The monoisotopic (exact) mass is 290 g/mol. The Hall–Kier alpha value is -2.94. The molecule has 0 N–H and O–H groups in total. The van der Waals surface area contributed by atoms with Crippen molar-refractivity contribution in [1.29, 1.82) is 0 Å². The summed E-state index contributed by atoms with van der Waals surface area (Å²) in [4.78, 5) is 22.9. The van der Waals surface area contributed by atoms with Gasteiger partial charge in [-0.15, -0.1) is 0 Å². The Morgan fingerprint density at radius 2 is 1.64 bits per heavy atom. The van der Waals surface area contributed by atoms with Crippen LogP contribution in [0.3, 0.4) is 0 Å². The van der Waals surface area contributed by atoms with Crippen LogP contribution >= 0.6 is 0 Å². The second-order valence-corrected chi connectivity index (χ2v) is 4.94. The van der Waals surface area contributed by atoms with Gasteiger partial charge in [0.1, 0.15) is 5.75 Å². The maximum Gasteiger partial charge on any atom is 0.154 e. The van der Waals surface area contributed by atoms with E-state index in [1.165, 1.54) is 7.11 Å². The first-order chi connectivity index (χ1) is 10.8. The molecule has 0 aliphatic rings. The van der Waals surface area contributed by atoms with Crippen molar-refractivity contribution in [2.75, 3.05) is 7.11 Å². The highest BCUT2D eigenvalue weighted by atomic mass is 16.5. The fourth-order valence-electron chi connectivity index (χ4n) is 2.68. The summed E-state index contributed by atoms with van der Waals surface area (Å²) in [6.45, 7) is 0. The smallest absolute Gasteiger partial charge is 0.154 e. The number of hydrogen-bond acceptors (Lipinski definition) is 3. The highest BCUT2D eigenvalue weighted by molar-refractivity contribution is 6.01. The van der Waals surface area contributed by atoms with Gasteiger partial charge in [-0.2, -0.15) is 0 Å². The van der Waals surface area contributed by atoms with Crippen molar-refractivity contribution in [1.82, 2.24) is 0 Å². The Labute approximate surface area is 128 Å². The Balaban J connectivity index is 2.32. The predicted octanol–water partition coefficient (Wildman–Crippen LogP) is 4.14. The third-order valence-corrected chi connectivity index (χ3v) is 3.74. The topological polar surface area (TPSA) is 43.4 Å². The molecule has 3 rings (SSSR count). The molecular weight excluding hydrogens is 276 g/mol. The quantitative estimate of drug-likeness (QED) is 0.678.